The van der Waals surface area contributed by atoms with Gasteiger partial charge >= 0.3 is 0 Å². The maximum absolute atomic E-state index is 12.2. The smallest absolute Gasteiger partial charge is 0.234 e. The number of aryl methyl sites for hydroxylation is 1. The van der Waals surface area contributed by atoms with Crippen molar-refractivity contribution >= 4 is 11.7 Å². The van der Waals surface area contributed by atoms with Crippen molar-refractivity contribution in [2.75, 3.05) is 0 Å². The van der Waals surface area contributed by atoms with Gasteiger partial charge in [0.2, 0.25) is 5.91 Å². The third kappa shape index (κ3) is 2.41. The van der Waals surface area contributed by atoms with Gasteiger partial charge in [-0.05, 0) is 30.9 Å². The van der Waals surface area contributed by atoms with Crippen LogP contribution in [0.15, 0.2) is 29.4 Å². The first-order valence-corrected chi connectivity index (χ1v) is 6.41. The molecule has 102 valence electrons. The van der Waals surface area contributed by atoms with E-state index in [1.807, 2.05) is 31.2 Å². The minimum Gasteiger partial charge on any atom is -0.409 e. The second-order valence-electron chi connectivity index (χ2n) is 5.03. The van der Waals surface area contributed by atoms with Crippen molar-refractivity contribution in [2.24, 2.45) is 16.3 Å². The third-order valence-electron chi connectivity index (χ3n) is 3.94. The van der Waals surface area contributed by atoms with Crippen molar-refractivity contribution in [3.63, 3.8) is 0 Å². The van der Waals surface area contributed by atoms with Gasteiger partial charge in [0.15, 0.2) is 5.84 Å². The van der Waals surface area contributed by atoms with Gasteiger partial charge in [-0.2, -0.15) is 0 Å². The normalized spacial score (nSPS) is 17.6. The molecule has 0 spiro atoms. The highest BCUT2D eigenvalue weighted by molar-refractivity contribution is 6.07. The molecule has 0 heterocycles. The fourth-order valence-corrected chi connectivity index (χ4v) is 2.38. The molecule has 2 rings (SSSR count). The first-order chi connectivity index (χ1) is 9.10. The average molecular weight is 261 g/mol. The number of nitrogens with one attached hydrogen (secondary N) is 1. The summed E-state index contributed by atoms with van der Waals surface area (Å²) >= 11 is 0. The summed E-state index contributed by atoms with van der Waals surface area (Å²) in [6.45, 7) is 2.47. The van der Waals surface area contributed by atoms with Gasteiger partial charge in [0.1, 0.15) is 5.41 Å². The van der Waals surface area contributed by atoms with Crippen LogP contribution in [0.1, 0.15) is 30.4 Å². The summed E-state index contributed by atoms with van der Waals surface area (Å²) in [4.78, 5) is 12.2. The molecule has 0 aliphatic heterocycles. The zero-order valence-electron chi connectivity index (χ0n) is 11.0. The summed E-state index contributed by atoms with van der Waals surface area (Å²) in [6.07, 6.45) is 2.21. The van der Waals surface area contributed by atoms with Crippen molar-refractivity contribution < 1.29 is 10.0 Å². The Bertz CT molecular complexity index is 507. The summed E-state index contributed by atoms with van der Waals surface area (Å²) in [5.74, 6) is -0.140. The number of carbonyl (C=O) groups excluding carboxylic acids is 1. The van der Waals surface area contributed by atoms with Crippen LogP contribution in [0.25, 0.3) is 0 Å². The quantitative estimate of drug-likeness (QED) is 0.332. The van der Waals surface area contributed by atoms with E-state index in [0.717, 1.165) is 17.5 Å². The SMILES string of the molecule is Cc1ccccc1CNC(=O)C1(/C(N)=N/O)CCC1. The van der Waals surface area contributed by atoms with E-state index < -0.39 is 5.41 Å². The Hall–Kier alpha value is -2.04. The molecule has 5 heteroatoms. The number of hydrogen-bond acceptors (Lipinski definition) is 3. The summed E-state index contributed by atoms with van der Waals surface area (Å²) in [7, 11) is 0. The van der Waals surface area contributed by atoms with Gasteiger partial charge in [-0.1, -0.05) is 35.8 Å². The molecule has 1 aromatic carbocycles. The minimum atomic E-state index is -0.808. The van der Waals surface area contributed by atoms with E-state index in [-0.39, 0.29) is 11.7 Å². The molecule has 19 heavy (non-hydrogen) atoms. The second-order valence-corrected chi connectivity index (χ2v) is 5.03. The largest absolute Gasteiger partial charge is 0.409 e. The number of oxime groups is 1. The van der Waals surface area contributed by atoms with Crippen LogP contribution in [0, 0.1) is 12.3 Å². The molecule has 4 N–H and O–H groups in total. The Morgan fingerprint density at radius 1 is 1.47 bits per heavy atom. The fraction of sp³-hybridized carbons (Fsp3) is 0.429. The average Bonchev–Trinajstić information content (AvgIpc) is 2.36. The molecule has 1 aromatic rings. The molecule has 1 aliphatic carbocycles. The lowest BCUT2D eigenvalue weighted by atomic mass is 9.67. The Kier molecular flexibility index (Phi) is 3.74. The van der Waals surface area contributed by atoms with Crippen molar-refractivity contribution in [3.05, 3.63) is 35.4 Å². The second kappa shape index (κ2) is 5.30. The summed E-state index contributed by atoms with van der Waals surface area (Å²) in [5, 5.41) is 14.7. The lowest BCUT2D eigenvalue weighted by Gasteiger charge is -2.38. The summed E-state index contributed by atoms with van der Waals surface area (Å²) in [5.41, 5.74) is 7.05. The van der Waals surface area contributed by atoms with Gasteiger partial charge in [0.05, 0.1) is 0 Å². The lowest BCUT2D eigenvalue weighted by Crippen LogP contribution is -2.53. The summed E-state index contributed by atoms with van der Waals surface area (Å²) in [6, 6.07) is 7.89. The molecule has 0 aromatic heterocycles. The Morgan fingerprint density at radius 3 is 2.68 bits per heavy atom. The maximum Gasteiger partial charge on any atom is 0.234 e. The van der Waals surface area contributed by atoms with E-state index in [1.54, 1.807) is 0 Å². The maximum atomic E-state index is 12.2. The number of benzene rings is 1. The number of rotatable bonds is 4. The molecule has 0 saturated heterocycles. The summed E-state index contributed by atoms with van der Waals surface area (Å²) < 4.78 is 0. The van der Waals surface area contributed by atoms with Crippen molar-refractivity contribution in [1.29, 1.82) is 0 Å². The van der Waals surface area contributed by atoms with Gasteiger partial charge in [-0.25, -0.2) is 0 Å². The van der Waals surface area contributed by atoms with Crippen LogP contribution in [-0.4, -0.2) is 17.0 Å². The number of amidine groups is 1. The number of nitrogens with zero attached hydrogens (tertiary/aromatic N) is 1. The Labute approximate surface area is 112 Å². The van der Waals surface area contributed by atoms with Crippen LogP contribution in [0.2, 0.25) is 0 Å². The molecule has 0 unspecified atom stereocenters. The number of amides is 1. The van der Waals surface area contributed by atoms with E-state index in [4.69, 9.17) is 10.9 Å². The number of hydrogen-bond donors (Lipinski definition) is 3. The molecule has 1 amide bonds. The molecule has 1 aliphatic rings. The van der Waals surface area contributed by atoms with Crippen LogP contribution < -0.4 is 11.1 Å². The van der Waals surface area contributed by atoms with Gasteiger partial charge in [-0.15, -0.1) is 0 Å². The van der Waals surface area contributed by atoms with Gasteiger partial charge < -0.3 is 16.3 Å². The number of nitrogens with two attached hydrogens (primary N) is 1. The van der Waals surface area contributed by atoms with Crippen LogP contribution in [-0.2, 0) is 11.3 Å². The molecule has 5 nitrogen and oxygen atoms in total. The first-order valence-electron chi connectivity index (χ1n) is 6.41. The molecular formula is C14H19N3O2. The molecule has 0 radical (unpaired) electrons. The number of carbonyl (C=O) groups is 1. The Balaban J connectivity index is 2.04. The lowest BCUT2D eigenvalue weighted by molar-refractivity contribution is -0.131. The Morgan fingerprint density at radius 2 is 2.16 bits per heavy atom. The zero-order valence-corrected chi connectivity index (χ0v) is 11.0. The standard InChI is InChI=1S/C14H19N3O2/c1-10-5-2-3-6-11(10)9-16-13(18)14(7-4-8-14)12(15)17-19/h2-3,5-6,19H,4,7-9H2,1H3,(H2,15,17)(H,16,18). The van der Waals surface area contributed by atoms with E-state index in [1.165, 1.54) is 0 Å². The van der Waals surface area contributed by atoms with E-state index in [2.05, 4.69) is 10.5 Å². The van der Waals surface area contributed by atoms with Crippen molar-refractivity contribution in [1.82, 2.24) is 5.32 Å². The molecular weight excluding hydrogens is 242 g/mol. The third-order valence-corrected chi connectivity index (χ3v) is 3.94. The monoisotopic (exact) mass is 261 g/mol. The predicted octanol–water partition coefficient (Wildman–Crippen LogP) is 1.53. The van der Waals surface area contributed by atoms with Crippen LogP contribution in [0.4, 0.5) is 0 Å². The van der Waals surface area contributed by atoms with E-state index >= 15 is 0 Å². The molecule has 1 saturated carbocycles. The topological polar surface area (TPSA) is 87.7 Å². The molecule has 1 fully saturated rings. The fourth-order valence-electron chi connectivity index (χ4n) is 2.38. The van der Waals surface area contributed by atoms with Crippen LogP contribution >= 0.6 is 0 Å². The van der Waals surface area contributed by atoms with Crippen molar-refractivity contribution in [2.45, 2.75) is 32.7 Å². The van der Waals surface area contributed by atoms with Crippen LogP contribution in [0.5, 0.6) is 0 Å². The highest BCUT2D eigenvalue weighted by Gasteiger charge is 2.48. The van der Waals surface area contributed by atoms with Crippen LogP contribution in [0.3, 0.4) is 0 Å². The van der Waals surface area contributed by atoms with E-state index in [0.29, 0.717) is 19.4 Å². The van der Waals surface area contributed by atoms with Crippen molar-refractivity contribution in [3.8, 4) is 0 Å². The molecule has 0 atom stereocenters. The van der Waals surface area contributed by atoms with Gasteiger partial charge in [-0.3, -0.25) is 4.79 Å². The minimum absolute atomic E-state index is 0.0148. The highest BCUT2D eigenvalue weighted by atomic mass is 16.4. The zero-order chi connectivity index (χ0) is 13.9. The van der Waals surface area contributed by atoms with Gasteiger partial charge in [0, 0.05) is 6.54 Å². The van der Waals surface area contributed by atoms with Gasteiger partial charge in [0.25, 0.3) is 0 Å². The molecule has 0 bridgehead atoms. The highest BCUT2D eigenvalue weighted by Crippen LogP contribution is 2.41. The first kappa shape index (κ1) is 13.4. The predicted molar refractivity (Wildman–Crippen MR) is 72.7 cm³/mol. The van der Waals surface area contributed by atoms with E-state index in [9.17, 15) is 4.79 Å².